The monoisotopic (exact) mass is 296 g/mol. The predicted molar refractivity (Wildman–Crippen MR) is 81.1 cm³/mol. The van der Waals surface area contributed by atoms with E-state index in [0.29, 0.717) is 12.5 Å². The molecule has 0 aromatic rings. The summed E-state index contributed by atoms with van der Waals surface area (Å²) in [4.78, 5) is 27.6. The Hall–Kier alpha value is -1.26. The van der Waals surface area contributed by atoms with Gasteiger partial charge < -0.3 is 14.9 Å². The van der Waals surface area contributed by atoms with Crippen LogP contribution in [0.1, 0.15) is 52.4 Å². The van der Waals surface area contributed by atoms with Crippen LogP contribution in [0, 0.1) is 11.3 Å². The molecule has 0 aromatic carbocycles. The predicted octanol–water partition coefficient (Wildman–Crippen LogP) is 2.80. The van der Waals surface area contributed by atoms with E-state index in [0.717, 1.165) is 19.4 Å². The number of carbonyl (C=O) groups is 2. The Morgan fingerprint density at radius 1 is 1.24 bits per heavy atom. The molecule has 120 valence electrons. The van der Waals surface area contributed by atoms with Gasteiger partial charge in [-0.25, -0.2) is 9.59 Å². The van der Waals surface area contributed by atoms with E-state index in [1.165, 1.54) is 25.7 Å². The molecule has 1 heterocycles. The first-order valence-corrected chi connectivity index (χ1v) is 8.07. The smallest absolute Gasteiger partial charge is 0.327 e. The van der Waals surface area contributed by atoms with E-state index in [9.17, 15) is 14.7 Å². The number of nitrogens with zero attached hydrogens (tertiary/aromatic N) is 2. The largest absolute Gasteiger partial charge is 0.480 e. The molecule has 0 bridgehead atoms. The van der Waals surface area contributed by atoms with E-state index in [-0.39, 0.29) is 11.4 Å². The molecule has 5 heteroatoms. The average molecular weight is 296 g/mol. The van der Waals surface area contributed by atoms with Gasteiger partial charge in [0.05, 0.1) is 0 Å². The third kappa shape index (κ3) is 3.50. The summed E-state index contributed by atoms with van der Waals surface area (Å²) in [7, 11) is 1.81. The Labute approximate surface area is 127 Å². The molecule has 1 aliphatic carbocycles. The molecule has 1 saturated heterocycles. The van der Waals surface area contributed by atoms with E-state index >= 15 is 0 Å². The molecule has 1 atom stereocenters. The van der Waals surface area contributed by atoms with Crippen molar-refractivity contribution in [3.8, 4) is 0 Å². The second-order valence-electron chi connectivity index (χ2n) is 7.34. The number of hydrogen-bond donors (Lipinski definition) is 1. The van der Waals surface area contributed by atoms with Crippen molar-refractivity contribution in [2.24, 2.45) is 11.3 Å². The second-order valence-corrected chi connectivity index (χ2v) is 7.34. The van der Waals surface area contributed by atoms with Gasteiger partial charge in [0.25, 0.3) is 0 Å². The summed E-state index contributed by atoms with van der Waals surface area (Å²) in [5.41, 5.74) is -0.367. The zero-order valence-corrected chi connectivity index (χ0v) is 13.5. The first-order valence-electron chi connectivity index (χ1n) is 8.07. The molecule has 2 amide bonds. The van der Waals surface area contributed by atoms with Crippen LogP contribution in [0.3, 0.4) is 0 Å². The molecule has 1 aliphatic heterocycles. The minimum Gasteiger partial charge on any atom is -0.480 e. The number of rotatable bonds is 3. The van der Waals surface area contributed by atoms with Crippen molar-refractivity contribution in [1.82, 2.24) is 9.80 Å². The van der Waals surface area contributed by atoms with E-state index < -0.39 is 12.0 Å². The maximum absolute atomic E-state index is 12.7. The second kappa shape index (κ2) is 6.24. The SMILES string of the molecule is CN(CC1CCCC1)C(=O)N1CCCC(C)(C)C1C(=O)O. The maximum atomic E-state index is 12.7. The minimum atomic E-state index is -0.887. The third-order valence-corrected chi connectivity index (χ3v) is 5.08. The van der Waals surface area contributed by atoms with Crippen molar-refractivity contribution in [2.45, 2.75) is 58.4 Å². The fourth-order valence-electron chi connectivity index (χ4n) is 3.94. The molecule has 2 aliphatic rings. The highest BCUT2D eigenvalue weighted by Crippen LogP contribution is 2.36. The number of carboxylic acid groups (broad SMARTS) is 1. The lowest BCUT2D eigenvalue weighted by Crippen LogP contribution is -2.59. The molecule has 1 N–H and O–H groups in total. The summed E-state index contributed by atoms with van der Waals surface area (Å²) in [5, 5.41) is 9.55. The van der Waals surface area contributed by atoms with Crippen LogP contribution in [0.25, 0.3) is 0 Å². The Morgan fingerprint density at radius 3 is 2.43 bits per heavy atom. The van der Waals surface area contributed by atoms with Crippen molar-refractivity contribution >= 4 is 12.0 Å². The lowest BCUT2D eigenvalue weighted by molar-refractivity contribution is -0.148. The number of carbonyl (C=O) groups excluding carboxylic acids is 1. The summed E-state index contributed by atoms with van der Waals surface area (Å²) in [5.74, 6) is -0.303. The Morgan fingerprint density at radius 2 is 1.86 bits per heavy atom. The van der Waals surface area contributed by atoms with Crippen molar-refractivity contribution in [2.75, 3.05) is 20.1 Å². The van der Waals surface area contributed by atoms with Crippen LogP contribution in [0.15, 0.2) is 0 Å². The summed E-state index contributed by atoms with van der Waals surface area (Å²) < 4.78 is 0. The summed E-state index contributed by atoms with van der Waals surface area (Å²) in [6.07, 6.45) is 6.60. The van der Waals surface area contributed by atoms with Gasteiger partial charge in [-0.05, 0) is 37.0 Å². The lowest BCUT2D eigenvalue weighted by Gasteiger charge is -2.45. The molecule has 0 radical (unpaired) electrons. The summed E-state index contributed by atoms with van der Waals surface area (Å²) in [6, 6.07) is -0.841. The topological polar surface area (TPSA) is 60.9 Å². The van der Waals surface area contributed by atoms with Gasteiger partial charge in [0.15, 0.2) is 0 Å². The molecule has 2 fully saturated rings. The standard InChI is InChI=1S/C16H28N2O3/c1-16(2)9-6-10-18(13(16)14(19)20)15(21)17(3)11-12-7-4-5-8-12/h12-13H,4-11H2,1-3H3,(H,19,20). The van der Waals surface area contributed by atoms with Gasteiger partial charge in [0.2, 0.25) is 0 Å². The van der Waals surface area contributed by atoms with Crippen molar-refractivity contribution in [3.05, 3.63) is 0 Å². The zero-order valence-electron chi connectivity index (χ0n) is 13.5. The van der Waals surface area contributed by atoms with Gasteiger partial charge in [-0.15, -0.1) is 0 Å². The number of carboxylic acids is 1. The van der Waals surface area contributed by atoms with Gasteiger partial charge in [-0.2, -0.15) is 0 Å². The Bertz CT molecular complexity index is 402. The fourth-order valence-corrected chi connectivity index (χ4v) is 3.94. The van der Waals surface area contributed by atoms with Crippen LogP contribution in [-0.4, -0.2) is 53.1 Å². The van der Waals surface area contributed by atoms with Crippen LogP contribution in [0.4, 0.5) is 4.79 Å². The number of amides is 2. The highest BCUT2D eigenvalue weighted by Gasteiger charge is 2.45. The molecule has 0 aromatic heterocycles. The van der Waals surface area contributed by atoms with E-state index in [2.05, 4.69) is 0 Å². The molecule has 2 rings (SSSR count). The summed E-state index contributed by atoms with van der Waals surface area (Å²) >= 11 is 0. The highest BCUT2D eigenvalue weighted by molar-refractivity contribution is 5.83. The van der Waals surface area contributed by atoms with Crippen LogP contribution in [0.2, 0.25) is 0 Å². The quantitative estimate of drug-likeness (QED) is 0.871. The minimum absolute atomic E-state index is 0.123. The fraction of sp³-hybridized carbons (Fsp3) is 0.875. The van der Waals surface area contributed by atoms with Crippen LogP contribution >= 0.6 is 0 Å². The van der Waals surface area contributed by atoms with Gasteiger partial charge >= 0.3 is 12.0 Å². The van der Waals surface area contributed by atoms with E-state index in [1.807, 2.05) is 13.8 Å². The number of aliphatic carboxylic acids is 1. The van der Waals surface area contributed by atoms with Crippen molar-refractivity contribution in [3.63, 3.8) is 0 Å². The molecule has 1 unspecified atom stereocenters. The van der Waals surface area contributed by atoms with Gasteiger partial charge in [-0.3, -0.25) is 0 Å². The van der Waals surface area contributed by atoms with Gasteiger partial charge in [0.1, 0.15) is 6.04 Å². The Balaban J connectivity index is 2.06. The third-order valence-electron chi connectivity index (χ3n) is 5.08. The van der Waals surface area contributed by atoms with Crippen LogP contribution in [-0.2, 0) is 4.79 Å². The van der Waals surface area contributed by atoms with Crippen molar-refractivity contribution < 1.29 is 14.7 Å². The van der Waals surface area contributed by atoms with Crippen LogP contribution in [0.5, 0.6) is 0 Å². The zero-order chi connectivity index (χ0) is 15.6. The molecule has 21 heavy (non-hydrogen) atoms. The maximum Gasteiger partial charge on any atom is 0.327 e. The van der Waals surface area contributed by atoms with Crippen molar-refractivity contribution in [1.29, 1.82) is 0 Å². The first kappa shape index (κ1) is 16.1. The average Bonchev–Trinajstić information content (AvgIpc) is 2.88. The lowest BCUT2D eigenvalue weighted by atomic mass is 9.76. The summed E-state index contributed by atoms with van der Waals surface area (Å²) in [6.45, 7) is 5.20. The molecule has 5 nitrogen and oxygen atoms in total. The number of urea groups is 1. The molecular weight excluding hydrogens is 268 g/mol. The number of likely N-dealkylation sites (tertiary alicyclic amines) is 1. The number of piperidine rings is 1. The van der Waals surface area contributed by atoms with E-state index in [4.69, 9.17) is 0 Å². The number of hydrogen-bond acceptors (Lipinski definition) is 2. The Kier molecular flexibility index (Phi) is 4.79. The normalized spacial score (nSPS) is 25.9. The molecule has 0 spiro atoms. The van der Waals surface area contributed by atoms with Gasteiger partial charge in [0, 0.05) is 20.1 Å². The van der Waals surface area contributed by atoms with E-state index in [1.54, 1.807) is 16.8 Å². The molecule has 1 saturated carbocycles. The van der Waals surface area contributed by atoms with Gasteiger partial charge in [-0.1, -0.05) is 26.7 Å². The molecular formula is C16H28N2O3. The first-order chi connectivity index (χ1) is 9.83. The van der Waals surface area contributed by atoms with Crippen LogP contribution < -0.4 is 0 Å². The highest BCUT2D eigenvalue weighted by atomic mass is 16.4.